The van der Waals surface area contributed by atoms with Crippen LogP contribution < -0.4 is 0 Å². The molecule has 0 bridgehead atoms. The fraction of sp³-hybridized carbons (Fsp3) is 0.182. The van der Waals surface area contributed by atoms with Crippen molar-refractivity contribution in [3.05, 3.63) is 40.4 Å². The first-order valence-electron chi connectivity index (χ1n) is 4.32. The molecule has 1 aromatic rings. The molecular weight excluding hydrogens is 244 g/mol. The van der Waals surface area contributed by atoms with Crippen LogP contribution >= 0.6 is 15.9 Å². The van der Waals surface area contributed by atoms with Gasteiger partial charge in [0, 0.05) is 10.9 Å². The van der Waals surface area contributed by atoms with Crippen LogP contribution in [0.2, 0.25) is 0 Å². The maximum Gasteiger partial charge on any atom is 0.303 e. The summed E-state index contributed by atoms with van der Waals surface area (Å²) < 4.78 is 1.04. The van der Waals surface area contributed by atoms with E-state index in [1.165, 1.54) is 0 Å². The highest BCUT2D eigenvalue weighted by atomic mass is 79.9. The van der Waals surface area contributed by atoms with Gasteiger partial charge in [0.25, 0.3) is 0 Å². The van der Waals surface area contributed by atoms with E-state index >= 15 is 0 Å². The van der Waals surface area contributed by atoms with Crippen LogP contribution in [0.25, 0.3) is 6.08 Å². The van der Waals surface area contributed by atoms with Crippen molar-refractivity contribution >= 4 is 28.0 Å². The van der Waals surface area contributed by atoms with Crippen molar-refractivity contribution in [3.8, 4) is 0 Å². The Hall–Kier alpha value is -1.09. The van der Waals surface area contributed by atoms with Gasteiger partial charge < -0.3 is 5.11 Å². The molecule has 0 radical (unpaired) electrons. The topological polar surface area (TPSA) is 37.3 Å². The first-order valence-corrected chi connectivity index (χ1v) is 5.11. The van der Waals surface area contributed by atoms with Crippen molar-refractivity contribution in [2.45, 2.75) is 12.8 Å². The van der Waals surface area contributed by atoms with Crippen LogP contribution in [0.3, 0.4) is 0 Å². The van der Waals surface area contributed by atoms with Crippen molar-refractivity contribution in [3.63, 3.8) is 0 Å². The first-order chi connectivity index (χ1) is 6.68. The van der Waals surface area contributed by atoms with E-state index in [0.29, 0.717) is 6.42 Å². The predicted molar refractivity (Wildman–Crippen MR) is 60.0 cm³/mol. The summed E-state index contributed by atoms with van der Waals surface area (Å²) in [4.78, 5) is 10.2. The molecule has 0 fully saturated rings. The molecule has 2 nitrogen and oxygen atoms in total. The Balaban J connectivity index is 2.44. The molecule has 0 aliphatic rings. The molecule has 0 spiro atoms. The molecule has 0 atom stereocenters. The number of hydrogen-bond donors (Lipinski definition) is 1. The number of carboxylic acids is 1. The van der Waals surface area contributed by atoms with Gasteiger partial charge in [-0.05, 0) is 24.1 Å². The van der Waals surface area contributed by atoms with E-state index in [1.54, 1.807) is 0 Å². The van der Waals surface area contributed by atoms with Crippen molar-refractivity contribution in [2.75, 3.05) is 0 Å². The summed E-state index contributed by atoms with van der Waals surface area (Å²) in [6.07, 6.45) is 4.56. The van der Waals surface area contributed by atoms with Crippen LogP contribution in [0.15, 0.2) is 34.8 Å². The molecule has 0 unspecified atom stereocenters. The average Bonchev–Trinajstić information content (AvgIpc) is 2.15. The third-order valence-corrected chi connectivity index (χ3v) is 2.23. The Morgan fingerprint density at radius 2 is 2.00 bits per heavy atom. The number of rotatable bonds is 4. The van der Waals surface area contributed by atoms with E-state index in [1.807, 2.05) is 36.4 Å². The zero-order chi connectivity index (χ0) is 10.4. The summed E-state index contributed by atoms with van der Waals surface area (Å²) in [5, 5.41) is 8.41. The van der Waals surface area contributed by atoms with E-state index in [2.05, 4.69) is 15.9 Å². The summed E-state index contributed by atoms with van der Waals surface area (Å²) in [6.45, 7) is 0. The minimum Gasteiger partial charge on any atom is -0.481 e. The molecule has 74 valence electrons. The van der Waals surface area contributed by atoms with Gasteiger partial charge in [0.1, 0.15) is 0 Å². The zero-order valence-corrected chi connectivity index (χ0v) is 9.20. The standard InChI is InChI=1S/C11H11BrO2/c12-10-7-5-9(6-8-10)3-1-2-4-11(13)14/h1,3,5-8H,2,4H2,(H,13,14)/b3-1+. The molecule has 0 aliphatic carbocycles. The molecule has 0 saturated carbocycles. The number of benzene rings is 1. The lowest BCUT2D eigenvalue weighted by Gasteiger charge is -1.93. The Bertz CT molecular complexity index is 328. The first kappa shape index (κ1) is 11.0. The molecule has 1 rings (SSSR count). The lowest BCUT2D eigenvalue weighted by molar-refractivity contribution is -0.136. The van der Waals surface area contributed by atoms with Crippen LogP contribution in [0.1, 0.15) is 18.4 Å². The van der Waals surface area contributed by atoms with Gasteiger partial charge in [-0.25, -0.2) is 0 Å². The molecule has 3 heteroatoms. The highest BCUT2D eigenvalue weighted by molar-refractivity contribution is 9.10. The number of carbonyl (C=O) groups is 1. The lowest BCUT2D eigenvalue weighted by Crippen LogP contribution is -1.91. The quantitative estimate of drug-likeness (QED) is 0.895. The Labute approximate surface area is 91.4 Å². The number of carboxylic acid groups (broad SMARTS) is 1. The van der Waals surface area contributed by atoms with E-state index < -0.39 is 5.97 Å². The summed E-state index contributed by atoms with van der Waals surface area (Å²) in [7, 11) is 0. The molecule has 0 amide bonds. The van der Waals surface area contributed by atoms with Crippen molar-refractivity contribution < 1.29 is 9.90 Å². The zero-order valence-electron chi connectivity index (χ0n) is 7.61. The number of allylic oxidation sites excluding steroid dienone is 1. The summed E-state index contributed by atoms with van der Waals surface area (Å²) >= 11 is 3.34. The molecule has 0 aliphatic heterocycles. The van der Waals surface area contributed by atoms with Gasteiger partial charge in [0.05, 0.1) is 0 Å². The van der Waals surface area contributed by atoms with Gasteiger partial charge in [-0.15, -0.1) is 0 Å². The van der Waals surface area contributed by atoms with Crippen LogP contribution in [-0.2, 0) is 4.79 Å². The number of halogens is 1. The van der Waals surface area contributed by atoms with Gasteiger partial charge in [-0.1, -0.05) is 40.2 Å². The Morgan fingerprint density at radius 1 is 1.36 bits per heavy atom. The van der Waals surface area contributed by atoms with E-state index in [9.17, 15) is 4.79 Å². The Morgan fingerprint density at radius 3 is 2.57 bits per heavy atom. The van der Waals surface area contributed by atoms with Crippen molar-refractivity contribution in [1.29, 1.82) is 0 Å². The lowest BCUT2D eigenvalue weighted by atomic mass is 10.2. The largest absolute Gasteiger partial charge is 0.481 e. The average molecular weight is 255 g/mol. The second-order valence-corrected chi connectivity index (χ2v) is 3.80. The van der Waals surface area contributed by atoms with Gasteiger partial charge in [0.15, 0.2) is 0 Å². The number of aliphatic carboxylic acids is 1. The van der Waals surface area contributed by atoms with E-state index in [4.69, 9.17) is 5.11 Å². The second-order valence-electron chi connectivity index (χ2n) is 2.89. The summed E-state index contributed by atoms with van der Waals surface area (Å²) in [6, 6.07) is 7.86. The van der Waals surface area contributed by atoms with Gasteiger partial charge >= 0.3 is 5.97 Å². The van der Waals surface area contributed by atoms with Crippen LogP contribution in [0, 0.1) is 0 Å². The summed E-state index contributed by atoms with van der Waals surface area (Å²) in [5.41, 5.74) is 1.08. The molecular formula is C11H11BrO2. The third kappa shape index (κ3) is 4.23. The van der Waals surface area contributed by atoms with Gasteiger partial charge in [-0.2, -0.15) is 0 Å². The maximum atomic E-state index is 10.2. The molecule has 0 heterocycles. The van der Waals surface area contributed by atoms with Gasteiger partial charge in [-0.3, -0.25) is 4.79 Å². The highest BCUT2D eigenvalue weighted by Gasteiger charge is 1.92. The fourth-order valence-electron chi connectivity index (χ4n) is 1.00. The molecule has 1 N–H and O–H groups in total. The van der Waals surface area contributed by atoms with Crippen molar-refractivity contribution in [1.82, 2.24) is 0 Å². The minimum atomic E-state index is -0.759. The van der Waals surface area contributed by atoms with E-state index in [0.717, 1.165) is 10.0 Å². The van der Waals surface area contributed by atoms with Crippen LogP contribution in [-0.4, -0.2) is 11.1 Å². The smallest absolute Gasteiger partial charge is 0.303 e. The Kier molecular flexibility index (Phi) is 4.40. The molecule has 14 heavy (non-hydrogen) atoms. The minimum absolute atomic E-state index is 0.188. The normalized spacial score (nSPS) is 10.6. The predicted octanol–water partition coefficient (Wildman–Crippen LogP) is 3.33. The van der Waals surface area contributed by atoms with Gasteiger partial charge in [0.2, 0.25) is 0 Å². The van der Waals surface area contributed by atoms with E-state index in [-0.39, 0.29) is 6.42 Å². The third-order valence-electron chi connectivity index (χ3n) is 1.71. The van der Waals surface area contributed by atoms with Crippen LogP contribution in [0.4, 0.5) is 0 Å². The molecule has 1 aromatic carbocycles. The number of hydrogen-bond acceptors (Lipinski definition) is 1. The highest BCUT2D eigenvalue weighted by Crippen LogP contribution is 2.11. The summed E-state index contributed by atoms with van der Waals surface area (Å²) in [5.74, 6) is -0.759. The SMILES string of the molecule is O=C(O)CC/C=C/c1ccc(Br)cc1. The fourth-order valence-corrected chi connectivity index (χ4v) is 1.26. The van der Waals surface area contributed by atoms with Crippen LogP contribution in [0.5, 0.6) is 0 Å². The molecule has 0 saturated heterocycles. The molecule has 0 aromatic heterocycles. The van der Waals surface area contributed by atoms with Crippen molar-refractivity contribution in [2.24, 2.45) is 0 Å². The second kappa shape index (κ2) is 5.60. The monoisotopic (exact) mass is 254 g/mol. The maximum absolute atomic E-state index is 10.2.